The molecule has 1 heterocycles. The van der Waals surface area contributed by atoms with Crippen LogP contribution in [0, 0.1) is 0 Å². The van der Waals surface area contributed by atoms with E-state index in [2.05, 4.69) is 4.98 Å². The first-order valence-corrected chi connectivity index (χ1v) is 4.88. The Morgan fingerprint density at radius 3 is 3.00 bits per heavy atom. The Kier molecular flexibility index (Phi) is 2.72. The van der Waals surface area contributed by atoms with E-state index in [0.29, 0.717) is 17.2 Å². The molecule has 0 bridgehead atoms. The zero-order chi connectivity index (χ0) is 11.5. The Morgan fingerprint density at radius 2 is 2.31 bits per heavy atom. The monoisotopic (exact) mass is 217 g/mol. The first-order valence-electron chi connectivity index (χ1n) is 4.88. The fourth-order valence-corrected chi connectivity index (χ4v) is 1.41. The van der Waals surface area contributed by atoms with Crippen LogP contribution in [0.15, 0.2) is 34.9 Å². The zero-order valence-corrected chi connectivity index (χ0v) is 8.80. The van der Waals surface area contributed by atoms with Crippen molar-refractivity contribution in [2.75, 3.05) is 0 Å². The van der Waals surface area contributed by atoms with Gasteiger partial charge in [0.25, 0.3) is 0 Å². The Bertz CT molecular complexity index is 516. The van der Waals surface area contributed by atoms with E-state index in [1.54, 1.807) is 24.3 Å². The van der Waals surface area contributed by atoms with Gasteiger partial charge in [0, 0.05) is 5.56 Å². The lowest BCUT2D eigenvalue weighted by molar-refractivity contribution is -0.116. The molecule has 0 aliphatic rings. The molecule has 0 fully saturated rings. The quantitative estimate of drug-likeness (QED) is 0.855. The van der Waals surface area contributed by atoms with Gasteiger partial charge >= 0.3 is 0 Å². The van der Waals surface area contributed by atoms with E-state index < -0.39 is 0 Å². The average Bonchev–Trinajstić information content (AvgIpc) is 2.65. The summed E-state index contributed by atoms with van der Waals surface area (Å²) in [5, 5.41) is 9.30. The smallest absolute Gasteiger partial charge is 0.226 e. The molecule has 0 aliphatic heterocycles. The molecule has 0 unspecified atom stereocenters. The summed E-state index contributed by atoms with van der Waals surface area (Å²) in [4.78, 5) is 14.9. The third-order valence-corrected chi connectivity index (χ3v) is 2.07. The van der Waals surface area contributed by atoms with E-state index in [0.717, 1.165) is 0 Å². The van der Waals surface area contributed by atoms with Crippen molar-refractivity contribution in [3.05, 3.63) is 36.2 Å². The molecule has 16 heavy (non-hydrogen) atoms. The van der Waals surface area contributed by atoms with E-state index in [4.69, 9.17) is 4.42 Å². The molecule has 0 radical (unpaired) electrons. The summed E-state index contributed by atoms with van der Waals surface area (Å²) in [5.74, 6) is 1.13. The van der Waals surface area contributed by atoms with Crippen molar-refractivity contribution in [3.8, 4) is 17.2 Å². The molecule has 82 valence electrons. The number of benzene rings is 1. The van der Waals surface area contributed by atoms with Crippen LogP contribution in [-0.4, -0.2) is 15.9 Å². The minimum absolute atomic E-state index is 0.0265. The number of phenols is 1. The van der Waals surface area contributed by atoms with Gasteiger partial charge in [-0.25, -0.2) is 4.98 Å². The second-order valence-corrected chi connectivity index (χ2v) is 3.56. The molecule has 1 aromatic heterocycles. The van der Waals surface area contributed by atoms with Crippen LogP contribution in [-0.2, 0) is 11.2 Å². The van der Waals surface area contributed by atoms with Crippen LogP contribution >= 0.6 is 0 Å². The van der Waals surface area contributed by atoms with Gasteiger partial charge in [-0.05, 0) is 25.1 Å². The van der Waals surface area contributed by atoms with Gasteiger partial charge in [-0.15, -0.1) is 0 Å². The lowest BCUT2D eigenvalue weighted by Crippen LogP contribution is -1.93. The van der Waals surface area contributed by atoms with Crippen molar-refractivity contribution < 1.29 is 14.3 Å². The van der Waals surface area contributed by atoms with Crippen molar-refractivity contribution in [1.82, 2.24) is 4.98 Å². The molecule has 2 rings (SSSR count). The molecule has 0 aliphatic carbocycles. The summed E-state index contributed by atoms with van der Waals surface area (Å²) >= 11 is 0. The standard InChI is InChI=1S/C12H11NO3/c1-8(14)5-11-7-13-12(16-11)9-3-2-4-10(15)6-9/h2-4,6-7,15H,5H2,1H3. The van der Waals surface area contributed by atoms with Gasteiger partial charge < -0.3 is 9.52 Å². The second kappa shape index (κ2) is 4.18. The van der Waals surface area contributed by atoms with Crippen molar-refractivity contribution in [3.63, 3.8) is 0 Å². The van der Waals surface area contributed by atoms with Crippen molar-refractivity contribution >= 4 is 5.78 Å². The number of oxazole rings is 1. The molecule has 0 atom stereocenters. The van der Waals surface area contributed by atoms with Gasteiger partial charge in [-0.2, -0.15) is 0 Å². The number of ketones is 1. The number of hydrogen-bond acceptors (Lipinski definition) is 4. The average molecular weight is 217 g/mol. The minimum atomic E-state index is 0.0265. The highest BCUT2D eigenvalue weighted by molar-refractivity contribution is 5.77. The SMILES string of the molecule is CC(=O)Cc1cnc(-c2cccc(O)c2)o1. The minimum Gasteiger partial charge on any atom is -0.508 e. The maximum absolute atomic E-state index is 10.9. The molecule has 4 nitrogen and oxygen atoms in total. The summed E-state index contributed by atoms with van der Waals surface area (Å²) in [6, 6.07) is 6.62. The highest BCUT2D eigenvalue weighted by Gasteiger charge is 2.08. The maximum Gasteiger partial charge on any atom is 0.226 e. The van der Waals surface area contributed by atoms with Gasteiger partial charge in [0.2, 0.25) is 5.89 Å². The van der Waals surface area contributed by atoms with Gasteiger partial charge in [0.1, 0.15) is 17.3 Å². The summed E-state index contributed by atoms with van der Waals surface area (Å²) < 4.78 is 5.39. The summed E-state index contributed by atoms with van der Waals surface area (Å²) in [7, 11) is 0. The summed E-state index contributed by atoms with van der Waals surface area (Å²) in [5.41, 5.74) is 0.690. The summed E-state index contributed by atoms with van der Waals surface area (Å²) in [6.07, 6.45) is 1.77. The predicted molar refractivity (Wildman–Crippen MR) is 58.0 cm³/mol. The number of rotatable bonds is 3. The highest BCUT2D eigenvalue weighted by Crippen LogP contribution is 2.22. The lowest BCUT2D eigenvalue weighted by atomic mass is 10.2. The van der Waals surface area contributed by atoms with Crippen LogP contribution in [0.1, 0.15) is 12.7 Å². The van der Waals surface area contributed by atoms with Crippen LogP contribution in [0.3, 0.4) is 0 Å². The number of aromatic hydroxyl groups is 1. The molecule has 0 amide bonds. The van der Waals surface area contributed by atoms with Crippen LogP contribution in [0.25, 0.3) is 11.5 Å². The number of phenolic OH excluding ortho intramolecular Hbond substituents is 1. The molecule has 2 aromatic rings. The third kappa shape index (κ3) is 2.28. The third-order valence-electron chi connectivity index (χ3n) is 2.07. The first-order chi connectivity index (χ1) is 7.65. The van der Waals surface area contributed by atoms with E-state index in [1.807, 2.05) is 0 Å². The fourth-order valence-electron chi connectivity index (χ4n) is 1.41. The molecule has 1 aromatic carbocycles. The maximum atomic E-state index is 10.9. The zero-order valence-electron chi connectivity index (χ0n) is 8.80. The van der Waals surface area contributed by atoms with Crippen molar-refractivity contribution in [2.24, 2.45) is 0 Å². The van der Waals surface area contributed by atoms with Gasteiger partial charge in [0.15, 0.2) is 0 Å². The number of hydrogen-bond donors (Lipinski definition) is 1. The summed E-state index contributed by atoms with van der Waals surface area (Å²) in [6.45, 7) is 1.50. The number of carbonyl (C=O) groups excluding carboxylic acids is 1. The Labute approximate surface area is 92.6 Å². The second-order valence-electron chi connectivity index (χ2n) is 3.56. The van der Waals surface area contributed by atoms with E-state index in [-0.39, 0.29) is 18.0 Å². The van der Waals surface area contributed by atoms with Crippen LogP contribution in [0.2, 0.25) is 0 Å². The van der Waals surface area contributed by atoms with Gasteiger partial charge in [0.05, 0.1) is 12.6 Å². The van der Waals surface area contributed by atoms with Crippen LogP contribution < -0.4 is 0 Å². The number of aromatic nitrogens is 1. The molecule has 4 heteroatoms. The van der Waals surface area contributed by atoms with Crippen LogP contribution in [0.4, 0.5) is 0 Å². The van der Waals surface area contributed by atoms with Crippen molar-refractivity contribution in [1.29, 1.82) is 0 Å². The first kappa shape index (κ1) is 10.4. The number of carbonyl (C=O) groups is 1. The van der Waals surface area contributed by atoms with Gasteiger partial charge in [-0.3, -0.25) is 4.79 Å². The molecular formula is C12H11NO3. The van der Waals surface area contributed by atoms with E-state index in [9.17, 15) is 9.90 Å². The normalized spacial score (nSPS) is 10.3. The van der Waals surface area contributed by atoms with E-state index >= 15 is 0 Å². The number of nitrogens with zero attached hydrogens (tertiary/aromatic N) is 1. The molecule has 1 N–H and O–H groups in total. The Hall–Kier alpha value is -2.10. The van der Waals surface area contributed by atoms with Crippen molar-refractivity contribution in [2.45, 2.75) is 13.3 Å². The molecule has 0 spiro atoms. The Morgan fingerprint density at radius 1 is 1.50 bits per heavy atom. The molecule has 0 saturated heterocycles. The Balaban J connectivity index is 2.28. The lowest BCUT2D eigenvalue weighted by Gasteiger charge is -1.96. The number of Topliss-reactive ketones (excluding diaryl/α,β-unsaturated/α-hetero) is 1. The van der Waals surface area contributed by atoms with E-state index in [1.165, 1.54) is 13.1 Å². The fraction of sp³-hybridized carbons (Fsp3) is 0.167. The highest BCUT2D eigenvalue weighted by atomic mass is 16.4. The molecular weight excluding hydrogens is 206 g/mol. The van der Waals surface area contributed by atoms with Gasteiger partial charge in [-0.1, -0.05) is 6.07 Å². The largest absolute Gasteiger partial charge is 0.508 e. The van der Waals surface area contributed by atoms with Crippen LogP contribution in [0.5, 0.6) is 5.75 Å². The predicted octanol–water partition coefficient (Wildman–Crippen LogP) is 2.18. The molecule has 0 saturated carbocycles. The topological polar surface area (TPSA) is 63.3 Å².